The lowest BCUT2D eigenvalue weighted by atomic mass is 10.0. The van der Waals surface area contributed by atoms with Gasteiger partial charge in [0.2, 0.25) is 0 Å². The molecular weight excluding hydrogens is 295 g/mol. The zero-order valence-electron chi connectivity index (χ0n) is 14.5. The fraction of sp³-hybridized carbons (Fsp3) is 0.611. The van der Waals surface area contributed by atoms with E-state index in [4.69, 9.17) is 4.74 Å². The van der Waals surface area contributed by atoms with Crippen molar-refractivity contribution in [1.82, 2.24) is 9.80 Å². The SMILES string of the molecule is COc1cc(C(=O)N(C)C(CN2CCCC2)C(C)C)ccc1F. The first-order valence-electron chi connectivity index (χ1n) is 8.27. The summed E-state index contributed by atoms with van der Waals surface area (Å²) < 4.78 is 18.5. The lowest BCUT2D eigenvalue weighted by molar-refractivity contribution is 0.0641. The zero-order valence-corrected chi connectivity index (χ0v) is 14.5. The number of ether oxygens (including phenoxy) is 1. The largest absolute Gasteiger partial charge is 0.494 e. The molecule has 1 unspecified atom stereocenters. The van der Waals surface area contributed by atoms with Crippen molar-refractivity contribution in [1.29, 1.82) is 0 Å². The minimum Gasteiger partial charge on any atom is -0.494 e. The van der Waals surface area contributed by atoms with Gasteiger partial charge in [-0.3, -0.25) is 4.79 Å². The molecule has 4 nitrogen and oxygen atoms in total. The first kappa shape index (κ1) is 17.7. The van der Waals surface area contributed by atoms with E-state index in [-0.39, 0.29) is 17.7 Å². The second kappa shape index (κ2) is 7.77. The predicted octanol–water partition coefficient (Wildman–Crippen LogP) is 3.03. The molecule has 128 valence electrons. The minimum atomic E-state index is -0.454. The fourth-order valence-corrected chi connectivity index (χ4v) is 3.16. The first-order chi connectivity index (χ1) is 10.9. The number of carbonyl (C=O) groups is 1. The van der Waals surface area contributed by atoms with Crippen LogP contribution < -0.4 is 4.74 Å². The molecule has 1 saturated heterocycles. The molecule has 2 rings (SSSR count). The summed E-state index contributed by atoms with van der Waals surface area (Å²) in [6.07, 6.45) is 2.47. The molecule has 1 fully saturated rings. The number of likely N-dealkylation sites (N-methyl/N-ethyl adjacent to an activating group) is 1. The van der Waals surface area contributed by atoms with Crippen LogP contribution in [0.4, 0.5) is 4.39 Å². The predicted molar refractivity (Wildman–Crippen MR) is 89.3 cm³/mol. The van der Waals surface area contributed by atoms with Crippen LogP contribution >= 0.6 is 0 Å². The van der Waals surface area contributed by atoms with Gasteiger partial charge in [0, 0.05) is 25.2 Å². The van der Waals surface area contributed by atoms with Crippen LogP contribution in [-0.4, -0.2) is 55.5 Å². The topological polar surface area (TPSA) is 32.8 Å². The second-order valence-corrected chi connectivity index (χ2v) is 6.58. The molecule has 23 heavy (non-hydrogen) atoms. The maximum Gasteiger partial charge on any atom is 0.254 e. The average molecular weight is 322 g/mol. The van der Waals surface area contributed by atoms with E-state index < -0.39 is 5.82 Å². The number of carbonyl (C=O) groups excluding carboxylic acids is 1. The smallest absolute Gasteiger partial charge is 0.254 e. The summed E-state index contributed by atoms with van der Waals surface area (Å²) in [7, 11) is 3.24. The Morgan fingerprint density at radius 1 is 1.35 bits per heavy atom. The summed E-state index contributed by atoms with van der Waals surface area (Å²) in [5.74, 6) is -0.0952. The maximum atomic E-state index is 13.5. The molecule has 0 spiro atoms. The van der Waals surface area contributed by atoms with Crippen LogP contribution in [0.15, 0.2) is 18.2 Å². The molecule has 0 aliphatic carbocycles. The van der Waals surface area contributed by atoms with Crippen molar-refractivity contribution in [3.05, 3.63) is 29.6 Å². The molecule has 0 radical (unpaired) electrons. The van der Waals surface area contributed by atoms with Crippen LogP contribution in [-0.2, 0) is 0 Å². The van der Waals surface area contributed by atoms with E-state index >= 15 is 0 Å². The van der Waals surface area contributed by atoms with E-state index in [1.165, 1.54) is 38.2 Å². The number of likely N-dealkylation sites (tertiary alicyclic amines) is 1. The number of rotatable bonds is 6. The van der Waals surface area contributed by atoms with Gasteiger partial charge in [-0.1, -0.05) is 13.8 Å². The Morgan fingerprint density at radius 2 is 2.00 bits per heavy atom. The average Bonchev–Trinajstić information content (AvgIpc) is 3.04. The lowest BCUT2D eigenvalue weighted by Crippen LogP contribution is -2.47. The van der Waals surface area contributed by atoms with E-state index in [2.05, 4.69) is 18.7 Å². The Kier molecular flexibility index (Phi) is 5.99. The highest BCUT2D eigenvalue weighted by Gasteiger charge is 2.27. The molecule has 0 saturated carbocycles. The Balaban J connectivity index is 2.14. The van der Waals surface area contributed by atoms with E-state index in [1.54, 1.807) is 4.90 Å². The Morgan fingerprint density at radius 3 is 2.57 bits per heavy atom. The third kappa shape index (κ3) is 4.22. The van der Waals surface area contributed by atoms with Crippen LogP contribution in [0.1, 0.15) is 37.0 Å². The van der Waals surface area contributed by atoms with Crippen molar-refractivity contribution < 1.29 is 13.9 Å². The molecule has 5 heteroatoms. The molecule has 0 N–H and O–H groups in total. The highest BCUT2D eigenvalue weighted by molar-refractivity contribution is 5.94. The van der Waals surface area contributed by atoms with Crippen molar-refractivity contribution in [2.75, 3.05) is 33.8 Å². The molecule has 1 aromatic rings. The van der Waals surface area contributed by atoms with Gasteiger partial charge in [0.25, 0.3) is 5.91 Å². The summed E-state index contributed by atoms with van der Waals surface area (Å²) in [5, 5.41) is 0. The normalized spacial score (nSPS) is 16.6. The van der Waals surface area contributed by atoms with Crippen LogP contribution in [0.3, 0.4) is 0 Å². The van der Waals surface area contributed by atoms with Crippen molar-refractivity contribution in [3.63, 3.8) is 0 Å². The Bertz CT molecular complexity index is 542. The van der Waals surface area contributed by atoms with E-state index in [0.29, 0.717) is 11.5 Å². The van der Waals surface area contributed by atoms with Gasteiger partial charge in [0.05, 0.1) is 7.11 Å². The summed E-state index contributed by atoms with van der Waals surface area (Å²) >= 11 is 0. The molecule has 1 aliphatic heterocycles. The maximum absolute atomic E-state index is 13.5. The summed E-state index contributed by atoms with van der Waals surface area (Å²) in [6.45, 7) is 7.37. The quantitative estimate of drug-likeness (QED) is 0.807. The van der Waals surface area contributed by atoms with Crippen LogP contribution in [0.25, 0.3) is 0 Å². The van der Waals surface area contributed by atoms with Crippen LogP contribution in [0, 0.1) is 11.7 Å². The summed E-state index contributed by atoms with van der Waals surface area (Å²) in [5.41, 5.74) is 0.456. The van der Waals surface area contributed by atoms with Crippen molar-refractivity contribution >= 4 is 5.91 Å². The molecule has 0 bridgehead atoms. The fourth-order valence-electron chi connectivity index (χ4n) is 3.16. The van der Waals surface area contributed by atoms with E-state index in [0.717, 1.165) is 19.6 Å². The highest BCUT2D eigenvalue weighted by atomic mass is 19.1. The molecule has 1 aromatic carbocycles. The van der Waals surface area contributed by atoms with Gasteiger partial charge in [0.1, 0.15) is 0 Å². The number of nitrogens with zero attached hydrogens (tertiary/aromatic N) is 2. The van der Waals surface area contributed by atoms with Gasteiger partial charge in [-0.2, -0.15) is 0 Å². The van der Waals surface area contributed by atoms with Crippen LogP contribution in [0.2, 0.25) is 0 Å². The van der Waals surface area contributed by atoms with Gasteiger partial charge >= 0.3 is 0 Å². The zero-order chi connectivity index (χ0) is 17.0. The Labute approximate surface area is 138 Å². The second-order valence-electron chi connectivity index (χ2n) is 6.58. The number of halogens is 1. The number of methoxy groups -OCH3 is 1. The van der Waals surface area contributed by atoms with Crippen molar-refractivity contribution in [3.8, 4) is 5.75 Å². The summed E-state index contributed by atoms with van der Waals surface area (Å²) in [4.78, 5) is 17.0. The van der Waals surface area contributed by atoms with Crippen molar-refractivity contribution in [2.45, 2.75) is 32.7 Å². The van der Waals surface area contributed by atoms with Gasteiger partial charge < -0.3 is 14.5 Å². The van der Waals surface area contributed by atoms with E-state index in [9.17, 15) is 9.18 Å². The number of hydrogen-bond donors (Lipinski definition) is 0. The number of amides is 1. The van der Waals surface area contributed by atoms with Gasteiger partial charge in [0.15, 0.2) is 11.6 Å². The monoisotopic (exact) mass is 322 g/mol. The molecule has 1 heterocycles. The lowest BCUT2D eigenvalue weighted by Gasteiger charge is -2.34. The molecule has 0 aromatic heterocycles. The van der Waals surface area contributed by atoms with Crippen LogP contribution in [0.5, 0.6) is 5.75 Å². The van der Waals surface area contributed by atoms with Gasteiger partial charge in [-0.25, -0.2) is 4.39 Å². The third-order valence-electron chi connectivity index (χ3n) is 4.63. The highest BCUT2D eigenvalue weighted by Crippen LogP contribution is 2.21. The van der Waals surface area contributed by atoms with Gasteiger partial charge in [-0.05, 0) is 50.0 Å². The Hall–Kier alpha value is -1.62. The number of hydrogen-bond acceptors (Lipinski definition) is 3. The number of benzene rings is 1. The molecule has 1 amide bonds. The van der Waals surface area contributed by atoms with E-state index in [1.807, 2.05) is 7.05 Å². The third-order valence-corrected chi connectivity index (χ3v) is 4.63. The standard InChI is InChI=1S/C18H27FN2O2/c1-13(2)16(12-21-9-5-6-10-21)20(3)18(22)14-7-8-15(19)17(11-14)23-4/h7-8,11,13,16H,5-6,9-10,12H2,1-4H3. The van der Waals surface area contributed by atoms with Gasteiger partial charge in [-0.15, -0.1) is 0 Å². The first-order valence-corrected chi connectivity index (χ1v) is 8.27. The summed E-state index contributed by atoms with van der Waals surface area (Å²) in [6, 6.07) is 4.41. The minimum absolute atomic E-state index is 0.0961. The van der Waals surface area contributed by atoms with Crippen molar-refractivity contribution in [2.24, 2.45) is 5.92 Å². The molecule has 1 atom stereocenters. The molecular formula is C18H27FN2O2. The molecule has 1 aliphatic rings.